The molecule has 1 aromatic carbocycles. The second kappa shape index (κ2) is 5.31. The van der Waals surface area contributed by atoms with Gasteiger partial charge in [0.1, 0.15) is 23.2 Å². The predicted octanol–water partition coefficient (Wildman–Crippen LogP) is 2.90. The van der Waals surface area contributed by atoms with Crippen molar-refractivity contribution in [2.24, 2.45) is 0 Å². The number of carbonyl (C=O) groups is 1. The molecule has 4 rings (SSSR count). The first-order valence-corrected chi connectivity index (χ1v) is 7.43. The monoisotopic (exact) mass is 309 g/mol. The van der Waals surface area contributed by atoms with Crippen molar-refractivity contribution in [3.8, 4) is 17.0 Å². The maximum atomic E-state index is 12.1. The van der Waals surface area contributed by atoms with Crippen LogP contribution < -0.4 is 10.1 Å². The zero-order chi connectivity index (χ0) is 15.8. The SMILES string of the molecule is CCOc1ccc(-c2n[nH]c3c2C(c2ccco2)NC3=O)cc1. The van der Waals surface area contributed by atoms with Gasteiger partial charge in [-0.1, -0.05) is 0 Å². The third kappa shape index (κ3) is 2.19. The fourth-order valence-electron chi connectivity index (χ4n) is 2.84. The summed E-state index contributed by atoms with van der Waals surface area (Å²) in [5.74, 6) is 1.32. The lowest BCUT2D eigenvalue weighted by Gasteiger charge is -2.10. The maximum Gasteiger partial charge on any atom is 0.270 e. The number of furan rings is 1. The summed E-state index contributed by atoms with van der Waals surface area (Å²) in [4.78, 5) is 12.1. The fourth-order valence-corrected chi connectivity index (χ4v) is 2.84. The highest BCUT2D eigenvalue weighted by molar-refractivity contribution is 5.99. The number of nitrogens with zero attached hydrogens (tertiary/aromatic N) is 1. The lowest BCUT2D eigenvalue weighted by atomic mass is 10.0. The number of H-pyrrole nitrogens is 1. The maximum absolute atomic E-state index is 12.1. The Kier molecular flexibility index (Phi) is 3.15. The smallest absolute Gasteiger partial charge is 0.270 e. The van der Waals surface area contributed by atoms with Crippen molar-refractivity contribution in [2.45, 2.75) is 13.0 Å². The molecule has 1 amide bonds. The van der Waals surface area contributed by atoms with E-state index in [1.165, 1.54) is 0 Å². The summed E-state index contributed by atoms with van der Waals surface area (Å²) in [6.07, 6.45) is 1.59. The molecule has 116 valence electrons. The molecule has 2 N–H and O–H groups in total. The normalized spacial score (nSPS) is 16.2. The molecule has 0 spiro atoms. The van der Waals surface area contributed by atoms with Crippen LogP contribution in [-0.2, 0) is 0 Å². The lowest BCUT2D eigenvalue weighted by Crippen LogP contribution is -2.20. The standard InChI is InChI=1S/C17H15N3O3/c1-2-22-11-7-5-10(6-8-11)14-13-15(12-4-3-9-23-12)18-17(21)16(13)20-19-14/h3-9,15H,2H2,1H3,(H,18,21)(H,19,20). The Bertz CT molecular complexity index is 835. The van der Waals surface area contributed by atoms with E-state index in [1.54, 1.807) is 12.3 Å². The minimum Gasteiger partial charge on any atom is -0.494 e. The highest BCUT2D eigenvalue weighted by atomic mass is 16.5. The van der Waals surface area contributed by atoms with Crippen molar-refractivity contribution in [3.05, 3.63) is 59.7 Å². The van der Waals surface area contributed by atoms with Crippen molar-refractivity contribution in [3.63, 3.8) is 0 Å². The minimum atomic E-state index is -0.326. The van der Waals surface area contributed by atoms with Crippen LogP contribution >= 0.6 is 0 Å². The van der Waals surface area contributed by atoms with Gasteiger partial charge in [-0.3, -0.25) is 9.89 Å². The summed E-state index contributed by atoms with van der Waals surface area (Å²) in [5.41, 5.74) is 2.95. The third-order valence-electron chi connectivity index (χ3n) is 3.86. The molecule has 0 radical (unpaired) electrons. The summed E-state index contributed by atoms with van der Waals surface area (Å²) < 4.78 is 10.9. The van der Waals surface area contributed by atoms with Crippen LogP contribution in [0.5, 0.6) is 5.75 Å². The zero-order valence-electron chi connectivity index (χ0n) is 12.5. The van der Waals surface area contributed by atoms with E-state index in [1.807, 2.05) is 37.3 Å². The summed E-state index contributed by atoms with van der Waals surface area (Å²) >= 11 is 0. The van der Waals surface area contributed by atoms with Gasteiger partial charge in [0.25, 0.3) is 5.91 Å². The first-order chi connectivity index (χ1) is 11.3. The molecule has 1 atom stereocenters. The average molecular weight is 309 g/mol. The topological polar surface area (TPSA) is 80.2 Å². The second-order valence-corrected chi connectivity index (χ2v) is 5.24. The largest absolute Gasteiger partial charge is 0.494 e. The van der Waals surface area contributed by atoms with Crippen LogP contribution in [0, 0.1) is 0 Å². The molecule has 6 nitrogen and oxygen atoms in total. The average Bonchev–Trinajstić information content (AvgIpc) is 3.27. The fraction of sp³-hybridized carbons (Fsp3) is 0.176. The summed E-state index contributed by atoms with van der Waals surface area (Å²) in [5, 5.41) is 10.1. The van der Waals surface area contributed by atoms with E-state index in [-0.39, 0.29) is 11.9 Å². The van der Waals surface area contributed by atoms with Crippen LogP contribution in [0.1, 0.15) is 34.8 Å². The molecular weight excluding hydrogens is 294 g/mol. The molecule has 0 bridgehead atoms. The number of benzene rings is 1. The first kappa shape index (κ1) is 13.6. The molecule has 6 heteroatoms. The van der Waals surface area contributed by atoms with Crippen LogP contribution in [0.4, 0.5) is 0 Å². The zero-order valence-corrected chi connectivity index (χ0v) is 12.5. The highest BCUT2D eigenvalue weighted by Gasteiger charge is 2.36. The molecule has 0 aliphatic carbocycles. The van der Waals surface area contributed by atoms with E-state index in [9.17, 15) is 4.79 Å². The van der Waals surface area contributed by atoms with Gasteiger partial charge in [-0.25, -0.2) is 0 Å². The Hall–Kier alpha value is -3.02. The third-order valence-corrected chi connectivity index (χ3v) is 3.86. The van der Waals surface area contributed by atoms with Gasteiger partial charge in [-0.05, 0) is 43.3 Å². The van der Waals surface area contributed by atoms with Crippen molar-refractivity contribution in [1.29, 1.82) is 0 Å². The molecule has 1 aliphatic rings. The van der Waals surface area contributed by atoms with Crippen molar-refractivity contribution >= 4 is 5.91 Å². The van der Waals surface area contributed by atoms with Crippen molar-refractivity contribution in [1.82, 2.24) is 15.5 Å². The van der Waals surface area contributed by atoms with Gasteiger partial charge in [-0.2, -0.15) is 5.10 Å². The Labute approximate surface area is 132 Å². The Morgan fingerprint density at radius 3 is 2.78 bits per heavy atom. The Balaban J connectivity index is 1.77. The second-order valence-electron chi connectivity index (χ2n) is 5.24. The number of aromatic nitrogens is 2. The molecule has 23 heavy (non-hydrogen) atoms. The van der Waals surface area contributed by atoms with Crippen LogP contribution in [0.3, 0.4) is 0 Å². The van der Waals surface area contributed by atoms with Crippen LogP contribution in [-0.4, -0.2) is 22.7 Å². The molecule has 3 heterocycles. The van der Waals surface area contributed by atoms with Gasteiger partial charge in [0.15, 0.2) is 0 Å². The van der Waals surface area contributed by atoms with Gasteiger partial charge in [0.2, 0.25) is 0 Å². The van der Waals surface area contributed by atoms with Crippen LogP contribution in [0.2, 0.25) is 0 Å². The number of nitrogens with one attached hydrogen (secondary N) is 2. The van der Waals surface area contributed by atoms with E-state index >= 15 is 0 Å². The first-order valence-electron chi connectivity index (χ1n) is 7.43. The number of amides is 1. The van der Waals surface area contributed by atoms with E-state index in [0.717, 1.165) is 22.6 Å². The lowest BCUT2D eigenvalue weighted by molar-refractivity contribution is 0.0953. The Morgan fingerprint density at radius 1 is 1.26 bits per heavy atom. The number of rotatable bonds is 4. The summed E-state index contributed by atoms with van der Waals surface area (Å²) in [6, 6.07) is 11.0. The summed E-state index contributed by atoms with van der Waals surface area (Å²) in [7, 11) is 0. The van der Waals surface area contributed by atoms with Gasteiger partial charge in [0.05, 0.1) is 18.6 Å². The number of ether oxygens (including phenoxy) is 1. The van der Waals surface area contributed by atoms with Gasteiger partial charge in [-0.15, -0.1) is 0 Å². The quantitative estimate of drug-likeness (QED) is 0.776. The number of hydrogen-bond donors (Lipinski definition) is 2. The molecule has 3 aromatic rings. The highest BCUT2D eigenvalue weighted by Crippen LogP contribution is 2.37. The number of carbonyl (C=O) groups excluding carboxylic acids is 1. The molecule has 0 fully saturated rings. The van der Waals surface area contributed by atoms with E-state index in [2.05, 4.69) is 15.5 Å². The van der Waals surface area contributed by atoms with E-state index < -0.39 is 0 Å². The minimum absolute atomic E-state index is 0.175. The molecule has 1 aliphatic heterocycles. The Morgan fingerprint density at radius 2 is 2.09 bits per heavy atom. The van der Waals surface area contributed by atoms with Crippen LogP contribution in [0.15, 0.2) is 47.1 Å². The molecule has 2 aromatic heterocycles. The van der Waals surface area contributed by atoms with Gasteiger partial charge >= 0.3 is 0 Å². The predicted molar refractivity (Wildman–Crippen MR) is 83.2 cm³/mol. The van der Waals surface area contributed by atoms with Crippen LogP contribution in [0.25, 0.3) is 11.3 Å². The van der Waals surface area contributed by atoms with E-state index in [0.29, 0.717) is 18.1 Å². The number of aromatic amines is 1. The molecule has 0 saturated heterocycles. The number of hydrogen-bond acceptors (Lipinski definition) is 4. The van der Waals surface area contributed by atoms with Crippen molar-refractivity contribution < 1.29 is 13.9 Å². The van der Waals surface area contributed by atoms with Gasteiger partial charge in [0, 0.05) is 11.1 Å². The van der Waals surface area contributed by atoms with Gasteiger partial charge < -0.3 is 14.5 Å². The number of fused-ring (bicyclic) bond motifs is 1. The molecule has 0 saturated carbocycles. The summed E-state index contributed by atoms with van der Waals surface area (Å²) in [6.45, 7) is 2.57. The molecular formula is C17H15N3O3. The molecule has 1 unspecified atom stereocenters. The van der Waals surface area contributed by atoms with Crippen molar-refractivity contribution in [2.75, 3.05) is 6.61 Å². The van der Waals surface area contributed by atoms with E-state index in [4.69, 9.17) is 9.15 Å².